The fourth-order valence-corrected chi connectivity index (χ4v) is 2.72. The van der Waals surface area contributed by atoms with Crippen molar-refractivity contribution in [3.05, 3.63) is 34.4 Å². The number of aromatic amines is 2. The molecule has 2 aromatic rings. The van der Waals surface area contributed by atoms with Gasteiger partial charge < -0.3 is 10.1 Å². The van der Waals surface area contributed by atoms with Crippen LogP contribution < -0.4 is 5.32 Å². The highest BCUT2D eigenvalue weighted by atomic mass is 19.4. The average Bonchev–Trinajstić information content (AvgIpc) is 3.10. The van der Waals surface area contributed by atoms with Crippen LogP contribution in [0.4, 0.5) is 13.2 Å². The summed E-state index contributed by atoms with van der Waals surface area (Å²) >= 11 is 0. The molecule has 0 unspecified atom stereocenters. The summed E-state index contributed by atoms with van der Waals surface area (Å²) in [6, 6.07) is 0.859. The van der Waals surface area contributed by atoms with Crippen LogP contribution in [0.15, 0.2) is 6.07 Å². The maximum Gasteiger partial charge on any atom is 0.435 e. The zero-order valence-corrected chi connectivity index (χ0v) is 13.0. The Bertz CT molecular complexity index is 752. The number of nitrogens with zero attached hydrogens (tertiary/aromatic N) is 2. The van der Waals surface area contributed by atoms with Crippen LogP contribution in [0.25, 0.3) is 0 Å². The van der Waals surface area contributed by atoms with Gasteiger partial charge in [-0.25, -0.2) is 0 Å². The molecule has 0 aliphatic carbocycles. The highest BCUT2D eigenvalue weighted by Gasteiger charge is 2.34. The van der Waals surface area contributed by atoms with Crippen LogP contribution in [0, 0.1) is 0 Å². The molecule has 0 radical (unpaired) electrons. The summed E-state index contributed by atoms with van der Waals surface area (Å²) in [6.45, 7) is 3.65. The number of amides is 1. The third-order valence-electron chi connectivity index (χ3n) is 3.81. The van der Waals surface area contributed by atoms with Crippen LogP contribution in [0.5, 0.6) is 0 Å². The first-order valence-electron chi connectivity index (χ1n) is 7.38. The number of carbonyl (C=O) groups is 1. The first-order chi connectivity index (χ1) is 11.3. The number of halogens is 3. The van der Waals surface area contributed by atoms with Gasteiger partial charge in [-0.2, -0.15) is 23.4 Å². The van der Waals surface area contributed by atoms with E-state index in [1.807, 2.05) is 13.8 Å². The van der Waals surface area contributed by atoms with E-state index in [2.05, 4.69) is 25.7 Å². The van der Waals surface area contributed by atoms with Crippen LogP contribution in [0.3, 0.4) is 0 Å². The normalized spacial score (nSPS) is 20.7. The molecule has 1 amide bonds. The molecule has 0 saturated heterocycles. The molecule has 3 rings (SSSR count). The SMILES string of the molecule is C[C@@H]1Cc2c(C(=O)NCc3cc(C(F)(F)F)n[nH]3)n[nH]c2[C@H](C)O1. The van der Waals surface area contributed by atoms with Crippen molar-refractivity contribution in [2.24, 2.45) is 0 Å². The molecule has 10 heteroatoms. The molecule has 3 N–H and O–H groups in total. The summed E-state index contributed by atoms with van der Waals surface area (Å²) in [5.74, 6) is -0.461. The molecule has 1 aliphatic heterocycles. The molecule has 2 atom stereocenters. The van der Waals surface area contributed by atoms with Crippen molar-refractivity contribution in [2.45, 2.75) is 45.2 Å². The van der Waals surface area contributed by atoms with Gasteiger partial charge >= 0.3 is 6.18 Å². The average molecular weight is 343 g/mol. The van der Waals surface area contributed by atoms with Gasteiger partial charge in [0.05, 0.1) is 30.1 Å². The fourth-order valence-electron chi connectivity index (χ4n) is 2.72. The van der Waals surface area contributed by atoms with Crippen LogP contribution in [0.2, 0.25) is 0 Å². The van der Waals surface area contributed by atoms with Crippen molar-refractivity contribution in [1.82, 2.24) is 25.7 Å². The van der Waals surface area contributed by atoms with Crippen LogP contribution >= 0.6 is 0 Å². The molecule has 0 fully saturated rings. The van der Waals surface area contributed by atoms with Gasteiger partial charge in [0.15, 0.2) is 11.4 Å². The molecule has 0 spiro atoms. The lowest BCUT2D eigenvalue weighted by molar-refractivity contribution is -0.141. The monoisotopic (exact) mass is 343 g/mol. The Morgan fingerprint density at radius 1 is 1.38 bits per heavy atom. The molecular formula is C14H16F3N5O2. The summed E-state index contributed by atoms with van der Waals surface area (Å²) < 4.78 is 43.1. The number of hydrogen-bond donors (Lipinski definition) is 3. The van der Waals surface area contributed by atoms with Gasteiger partial charge in [0.2, 0.25) is 0 Å². The summed E-state index contributed by atoms with van der Waals surface area (Å²) in [4.78, 5) is 12.3. The van der Waals surface area contributed by atoms with Crippen LogP contribution in [-0.4, -0.2) is 32.4 Å². The minimum atomic E-state index is -4.52. The van der Waals surface area contributed by atoms with E-state index in [9.17, 15) is 18.0 Å². The van der Waals surface area contributed by atoms with E-state index in [0.29, 0.717) is 6.42 Å². The number of fused-ring (bicyclic) bond motifs is 1. The van der Waals surface area contributed by atoms with E-state index in [1.165, 1.54) is 0 Å². The van der Waals surface area contributed by atoms with Gasteiger partial charge in [0.1, 0.15) is 0 Å². The smallest absolute Gasteiger partial charge is 0.369 e. The van der Waals surface area contributed by atoms with Crippen molar-refractivity contribution >= 4 is 5.91 Å². The maximum atomic E-state index is 12.5. The number of alkyl halides is 3. The third kappa shape index (κ3) is 3.14. The predicted octanol–water partition coefficient (Wildman–Crippen LogP) is 2.10. The van der Waals surface area contributed by atoms with Gasteiger partial charge in [-0.05, 0) is 19.9 Å². The summed E-state index contributed by atoms with van der Waals surface area (Å²) in [5.41, 5.74) is 0.898. The molecule has 2 aromatic heterocycles. The van der Waals surface area contributed by atoms with E-state index < -0.39 is 17.8 Å². The number of ether oxygens (including phenoxy) is 1. The summed E-state index contributed by atoms with van der Waals surface area (Å²) in [7, 11) is 0. The number of nitrogens with one attached hydrogen (secondary N) is 3. The van der Waals surface area contributed by atoms with Crippen molar-refractivity contribution in [1.29, 1.82) is 0 Å². The predicted molar refractivity (Wildman–Crippen MR) is 76.0 cm³/mol. The first kappa shape index (κ1) is 16.5. The minimum Gasteiger partial charge on any atom is -0.369 e. The highest BCUT2D eigenvalue weighted by molar-refractivity contribution is 5.94. The zero-order valence-electron chi connectivity index (χ0n) is 13.0. The van der Waals surface area contributed by atoms with E-state index in [4.69, 9.17) is 4.74 Å². The zero-order chi connectivity index (χ0) is 17.5. The quantitative estimate of drug-likeness (QED) is 0.795. The summed E-state index contributed by atoms with van der Waals surface area (Å²) in [5, 5.41) is 14.8. The second-order valence-electron chi connectivity index (χ2n) is 5.72. The Morgan fingerprint density at radius 2 is 2.12 bits per heavy atom. The molecule has 1 aliphatic rings. The molecule has 130 valence electrons. The minimum absolute atomic E-state index is 0.0430. The van der Waals surface area contributed by atoms with Gasteiger partial charge in [-0.15, -0.1) is 0 Å². The van der Waals surface area contributed by atoms with E-state index in [0.717, 1.165) is 17.3 Å². The standard InChI is InChI=1S/C14H16F3N5O2/c1-6-3-9-11(7(2)24-6)21-22-12(9)13(23)18-5-8-4-10(20-19-8)14(15,16)17/h4,6-7H,3,5H2,1-2H3,(H,18,23)(H,19,20)(H,21,22)/t6-,7+/m1/s1. The largest absolute Gasteiger partial charge is 0.435 e. The molecule has 3 heterocycles. The number of aromatic nitrogens is 4. The molecular weight excluding hydrogens is 327 g/mol. The number of carbonyl (C=O) groups excluding carboxylic acids is 1. The van der Waals surface area contributed by atoms with Gasteiger partial charge in [-0.3, -0.25) is 15.0 Å². The molecule has 0 saturated carbocycles. The van der Waals surface area contributed by atoms with Gasteiger partial charge in [0, 0.05) is 12.0 Å². The second-order valence-corrected chi connectivity index (χ2v) is 5.72. The highest BCUT2D eigenvalue weighted by Crippen LogP contribution is 2.30. The van der Waals surface area contributed by atoms with E-state index in [-0.39, 0.29) is 30.1 Å². The molecule has 24 heavy (non-hydrogen) atoms. The Kier molecular flexibility index (Phi) is 4.08. The van der Waals surface area contributed by atoms with Crippen LogP contribution in [-0.2, 0) is 23.9 Å². The van der Waals surface area contributed by atoms with Crippen molar-refractivity contribution in [3.63, 3.8) is 0 Å². The molecule has 0 aromatic carbocycles. The molecule has 0 bridgehead atoms. The topological polar surface area (TPSA) is 95.7 Å². The van der Waals surface area contributed by atoms with Crippen molar-refractivity contribution in [3.8, 4) is 0 Å². The Hall–Kier alpha value is -2.36. The van der Waals surface area contributed by atoms with Crippen molar-refractivity contribution in [2.75, 3.05) is 0 Å². The van der Waals surface area contributed by atoms with Crippen LogP contribution in [0.1, 0.15) is 53.1 Å². The summed E-state index contributed by atoms with van der Waals surface area (Å²) in [6.07, 6.45) is -4.22. The van der Waals surface area contributed by atoms with Crippen molar-refractivity contribution < 1.29 is 22.7 Å². The number of H-pyrrole nitrogens is 2. The van der Waals surface area contributed by atoms with Gasteiger partial charge in [-0.1, -0.05) is 0 Å². The van der Waals surface area contributed by atoms with E-state index in [1.54, 1.807) is 0 Å². The third-order valence-corrected chi connectivity index (χ3v) is 3.81. The van der Waals surface area contributed by atoms with E-state index >= 15 is 0 Å². The lowest BCUT2D eigenvalue weighted by atomic mass is 9.99. The first-order valence-corrected chi connectivity index (χ1v) is 7.38. The lowest BCUT2D eigenvalue weighted by Gasteiger charge is -2.25. The molecule has 7 nitrogen and oxygen atoms in total. The number of rotatable bonds is 3. The lowest BCUT2D eigenvalue weighted by Crippen LogP contribution is -2.27. The Balaban J connectivity index is 1.69. The Morgan fingerprint density at radius 3 is 2.79 bits per heavy atom. The van der Waals surface area contributed by atoms with Gasteiger partial charge in [0.25, 0.3) is 5.91 Å². The maximum absolute atomic E-state index is 12.5. The fraction of sp³-hybridized carbons (Fsp3) is 0.500. The number of hydrogen-bond acceptors (Lipinski definition) is 4. The Labute approximate surface area is 135 Å². The second kappa shape index (κ2) is 5.93.